The number of carbonyl (C=O) groups is 1. The molecule has 0 heterocycles. The van der Waals surface area contributed by atoms with Crippen molar-refractivity contribution < 1.29 is 14.6 Å². The highest BCUT2D eigenvalue weighted by molar-refractivity contribution is 5.77. The summed E-state index contributed by atoms with van der Waals surface area (Å²) in [5.74, 6) is 0.418. The van der Waals surface area contributed by atoms with Crippen LogP contribution in [0.25, 0.3) is 0 Å². The lowest BCUT2D eigenvalue weighted by atomic mass is 10.2. The number of rotatable bonds is 8. The van der Waals surface area contributed by atoms with Gasteiger partial charge in [0.15, 0.2) is 0 Å². The summed E-state index contributed by atoms with van der Waals surface area (Å²) in [6.07, 6.45) is -0.753. The molecule has 0 radical (unpaired) electrons. The largest absolute Gasteiger partial charge is 0.489 e. The minimum Gasteiger partial charge on any atom is -0.489 e. The van der Waals surface area contributed by atoms with Crippen LogP contribution < -0.4 is 10.1 Å². The van der Waals surface area contributed by atoms with Gasteiger partial charge in [0.1, 0.15) is 24.5 Å². The molecule has 0 spiro atoms. The van der Waals surface area contributed by atoms with Crippen molar-refractivity contribution >= 4 is 5.91 Å². The van der Waals surface area contributed by atoms with Crippen LogP contribution in [0.4, 0.5) is 0 Å². The molecule has 1 rings (SSSR count). The van der Waals surface area contributed by atoms with Crippen molar-refractivity contribution in [2.75, 3.05) is 33.3 Å². The molecule has 0 aromatic heterocycles. The molecule has 6 nitrogen and oxygen atoms in total. The van der Waals surface area contributed by atoms with Crippen LogP contribution in [0.15, 0.2) is 24.3 Å². The molecule has 1 aromatic rings. The van der Waals surface area contributed by atoms with Crippen LogP contribution in [-0.4, -0.2) is 55.3 Å². The van der Waals surface area contributed by atoms with E-state index in [9.17, 15) is 9.90 Å². The summed E-state index contributed by atoms with van der Waals surface area (Å²) in [4.78, 5) is 13.1. The number of nitrogens with zero attached hydrogens (tertiary/aromatic N) is 2. The normalized spacial score (nSPS) is 11.5. The zero-order valence-electron chi connectivity index (χ0n) is 12.4. The van der Waals surface area contributed by atoms with Crippen LogP contribution in [0.3, 0.4) is 0 Å². The number of aliphatic hydroxyl groups excluding tert-OH is 1. The highest BCUT2D eigenvalue weighted by atomic mass is 16.5. The predicted molar refractivity (Wildman–Crippen MR) is 78.8 cm³/mol. The van der Waals surface area contributed by atoms with Gasteiger partial charge >= 0.3 is 0 Å². The standard InChI is InChI=1S/C15H21N3O3/c1-3-18(2)15(20)10-17-9-13(19)11-21-14-7-5-4-6-12(14)8-16/h4-7,13,17,19H,3,9-11H2,1-2H3. The van der Waals surface area contributed by atoms with E-state index in [0.29, 0.717) is 17.9 Å². The maximum absolute atomic E-state index is 11.5. The van der Waals surface area contributed by atoms with Gasteiger partial charge in [-0.3, -0.25) is 4.79 Å². The van der Waals surface area contributed by atoms with Crippen LogP contribution in [0.2, 0.25) is 0 Å². The molecule has 0 aliphatic heterocycles. The van der Waals surface area contributed by atoms with E-state index < -0.39 is 6.10 Å². The Morgan fingerprint density at radius 2 is 2.24 bits per heavy atom. The van der Waals surface area contributed by atoms with Gasteiger partial charge < -0.3 is 20.1 Å². The second-order valence-corrected chi connectivity index (χ2v) is 4.61. The molecule has 1 unspecified atom stereocenters. The fourth-order valence-corrected chi connectivity index (χ4v) is 1.59. The quantitative estimate of drug-likeness (QED) is 0.722. The van der Waals surface area contributed by atoms with Gasteiger partial charge in [0, 0.05) is 20.1 Å². The van der Waals surface area contributed by atoms with Crippen molar-refractivity contribution in [3.8, 4) is 11.8 Å². The molecule has 0 fully saturated rings. The summed E-state index contributed by atoms with van der Waals surface area (Å²) in [6, 6.07) is 8.87. The van der Waals surface area contributed by atoms with Gasteiger partial charge in [-0.15, -0.1) is 0 Å². The monoisotopic (exact) mass is 291 g/mol. The number of ether oxygens (including phenoxy) is 1. The molecule has 1 amide bonds. The first kappa shape index (κ1) is 17.0. The molecule has 2 N–H and O–H groups in total. The summed E-state index contributed by atoms with van der Waals surface area (Å²) >= 11 is 0. The average molecular weight is 291 g/mol. The van der Waals surface area contributed by atoms with Crippen molar-refractivity contribution in [2.24, 2.45) is 0 Å². The molecule has 1 atom stereocenters. The molecule has 0 saturated carbocycles. The Labute approximate surface area is 124 Å². The van der Waals surface area contributed by atoms with Gasteiger partial charge in [0.2, 0.25) is 5.91 Å². The zero-order chi connectivity index (χ0) is 15.7. The first-order chi connectivity index (χ1) is 10.1. The number of hydrogen-bond acceptors (Lipinski definition) is 5. The number of likely N-dealkylation sites (N-methyl/N-ethyl adjacent to an activating group) is 1. The first-order valence-corrected chi connectivity index (χ1v) is 6.83. The Bertz CT molecular complexity index is 499. The second kappa shape index (κ2) is 8.95. The minimum atomic E-state index is -0.753. The van der Waals surface area contributed by atoms with Gasteiger partial charge in [0.05, 0.1) is 12.1 Å². The Morgan fingerprint density at radius 3 is 2.90 bits per heavy atom. The number of hydrogen-bond donors (Lipinski definition) is 2. The summed E-state index contributed by atoms with van der Waals surface area (Å²) in [5, 5.41) is 21.6. The Hall–Kier alpha value is -2.10. The van der Waals surface area contributed by atoms with E-state index in [1.54, 1.807) is 36.2 Å². The van der Waals surface area contributed by atoms with Crippen molar-refractivity contribution in [2.45, 2.75) is 13.0 Å². The van der Waals surface area contributed by atoms with Crippen molar-refractivity contribution in [1.82, 2.24) is 10.2 Å². The topological polar surface area (TPSA) is 85.6 Å². The molecule has 1 aromatic carbocycles. The maximum Gasteiger partial charge on any atom is 0.236 e. The van der Waals surface area contributed by atoms with E-state index in [0.717, 1.165) is 0 Å². The Kier molecular flexibility index (Phi) is 7.23. The van der Waals surface area contributed by atoms with E-state index in [-0.39, 0.29) is 25.6 Å². The number of para-hydroxylation sites is 1. The number of benzene rings is 1. The van der Waals surface area contributed by atoms with Crippen LogP contribution >= 0.6 is 0 Å². The smallest absolute Gasteiger partial charge is 0.236 e. The first-order valence-electron chi connectivity index (χ1n) is 6.83. The van der Waals surface area contributed by atoms with Crippen molar-refractivity contribution in [1.29, 1.82) is 5.26 Å². The summed E-state index contributed by atoms with van der Waals surface area (Å²) < 4.78 is 5.41. The van der Waals surface area contributed by atoms with Crippen LogP contribution in [0.5, 0.6) is 5.75 Å². The Balaban J connectivity index is 2.30. The molecular weight excluding hydrogens is 270 g/mol. The van der Waals surface area contributed by atoms with E-state index in [4.69, 9.17) is 10.00 Å². The molecule has 6 heteroatoms. The fraction of sp³-hybridized carbons (Fsp3) is 0.467. The van der Waals surface area contributed by atoms with Crippen LogP contribution in [0, 0.1) is 11.3 Å². The lowest BCUT2D eigenvalue weighted by molar-refractivity contribution is -0.128. The highest BCUT2D eigenvalue weighted by Crippen LogP contribution is 2.16. The van der Waals surface area contributed by atoms with Crippen molar-refractivity contribution in [3.05, 3.63) is 29.8 Å². The molecule has 0 bridgehead atoms. The lowest BCUT2D eigenvalue weighted by Gasteiger charge is -2.16. The SMILES string of the molecule is CCN(C)C(=O)CNCC(O)COc1ccccc1C#N. The third kappa shape index (κ3) is 5.81. The fourth-order valence-electron chi connectivity index (χ4n) is 1.59. The van der Waals surface area contributed by atoms with Crippen molar-refractivity contribution in [3.63, 3.8) is 0 Å². The number of nitrogens with one attached hydrogen (secondary N) is 1. The number of aliphatic hydroxyl groups is 1. The summed E-state index contributed by atoms with van der Waals surface area (Å²) in [6.45, 7) is 3.03. The Morgan fingerprint density at radius 1 is 1.52 bits per heavy atom. The third-order valence-corrected chi connectivity index (χ3v) is 3.00. The molecule has 21 heavy (non-hydrogen) atoms. The molecule has 114 valence electrons. The van der Waals surface area contributed by atoms with Gasteiger partial charge in [0.25, 0.3) is 0 Å². The van der Waals surface area contributed by atoms with E-state index in [1.807, 2.05) is 13.0 Å². The van der Waals surface area contributed by atoms with E-state index in [2.05, 4.69) is 5.32 Å². The molecule has 0 aliphatic rings. The highest BCUT2D eigenvalue weighted by Gasteiger charge is 2.10. The molecule has 0 aliphatic carbocycles. The third-order valence-electron chi connectivity index (χ3n) is 3.00. The van der Waals surface area contributed by atoms with Gasteiger partial charge in [-0.1, -0.05) is 12.1 Å². The summed E-state index contributed by atoms with van der Waals surface area (Å²) in [5.41, 5.74) is 0.428. The summed E-state index contributed by atoms with van der Waals surface area (Å²) in [7, 11) is 1.72. The average Bonchev–Trinajstić information content (AvgIpc) is 2.52. The molecule has 0 saturated heterocycles. The van der Waals surface area contributed by atoms with E-state index >= 15 is 0 Å². The lowest BCUT2D eigenvalue weighted by Crippen LogP contribution is -2.39. The van der Waals surface area contributed by atoms with Gasteiger partial charge in [-0.05, 0) is 19.1 Å². The number of amides is 1. The predicted octanol–water partition coefficient (Wildman–Crippen LogP) is 0.366. The van der Waals surface area contributed by atoms with E-state index in [1.165, 1.54) is 0 Å². The van der Waals surface area contributed by atoms with Gasteiger partial charge in [-0.2, -0.15) is 5.26 Å². The zero-order valence-corrected chi connectivity index (χ0v) is 12.4. The number of nitriles is 1. The van der Waals surface area contributed by atoms with Crippen LogP contribution in [0.1, 0.15) is 12.5 Å². The minimum absolute atomic E-state index is 0.0274. The second-order valence-electron chi connectivity index (χ2n) is 4.61. The van der Waals surface area contributed by atoms with Gasteiger partial charge in [-0.25, -0.2) is 0 Å². The molecular formula is C15H21N3O3. The number of carbonyl (C=O) groups excluding carboxylic acids is 1. The maximum atomic E-state index is 11.5. The van der Waals surface area contributed by atoms with Crippen LogP contribution in [-0.2, 0) is 4.79 Å².